The summed E-state index contributed by atoms with van der Waals surface area (Å²) in [5, 5.41) is 3.25. The summed E-state index contributed by atoms with van der Waals surface area (Å²) >= 11 is 0. The number of carbonyl (C=O) groups is 2. The minimum atomic E-state index is -0.935. The minimum absolute atomic E-state index is 0.0457. The lowest BCUT2D eigenvalue weighted by atomic mass is 9.94. The van der Waals surface area contributed by atoms with Gasteiger partial charge in [-0.2, -0.15) is 0 Å². The zero-order valence-corrected chi connectivity index (χ0v) is 23.0. The number of amides is 2. The van der Waals surface area contributed by atoms with Gasteiger partial charge in [-0.3, -0.25) is 9.59 Å². The first-order valence-corrected chi connectivity index (χ1v) is 13.8. The van der Waals surface area contributed by atoms with Crippen LogP contribution in [0.3, 0.4) is 0 Å². The van der Waals surface area contributed by atoms with Crippen molar-refractivity contribution in [3.8, 4) is 23.0 Å². The third-order valence-corrected chi connectivity index (χ3v) is 7.50. The predicted molar refractivity (Wildman–Crippen MR) is 151 cm³/mol. The number of nitrogens with one attached hydrogen (secondary N) is 1. The highest BCUT2D eigenvalue weighted by Crippen LogP contribution is 2.36. The van der Waals surface area contributed by atoms with Gasteiger partial charge >= 0.3 is 0 Å². The van der Waals surface area contributed by atoms with E-state index in [4.69, 9.17) is 18.9 Å². The van der Waals surface area contributed by atoms with Crippen LogP contribution in [0.15, 0.2) is 72.8 Å². The van der Waals surface area contributed by atoms with Crippen molar-refractivity contribution in [3.63, 3.8) is 0 Å². The number of fused-ring (bicyclic) bond motifs is 1. The van der Waals surface area contributed by atoms with E-state index in [1.54, 1.807) is 37.3 Å². The molecule has 0 aromatic heterocycles. The summed E-state index contributed by atoms with van der Waals surface area (Å²) < 4.78 is 23.0. The van der Waals surface area contributed by atoms with E-state index in [1.807, 2.05) is 54.6 Å². The summed E-state index contributed by atoms with van der Waals surface area (Å²) in [5.74, 6) is 1.54. The Morgan fingerprint density at radius 3 is 2.33 bits per heavy atom. The van der Waals surface area contributed by atoms with Gasteiger partial charge in [0.25, 0.3) is 5.91 Å². The molecule has 1 saturated carbocycles. The lowest BCUT2D eigenvalue weighted by Crippen LogP contribution is -2.52. The van der Waals surface area contributed by atoms with Crippen LogP contribution in [0.1, 0.15) is 49.3 Å². The Morgan fingerprint density at radius 1 is 0.900 bits per heavy atom. The van der Waals surface area contributed by atoms with Crippen molar-refractivity contribution < 1.29 is 28.5 Å². The summed E-state index contributed by atoms with van der Waals surface area (Å²) in [5.41, 5.74) is 1.51. The van der Waals surface area contributed by atoms with Crippen LogP contribution in [-0.2, 0) is 16.1 Å². The molecule has 0 unspecified atom stereocenters. The molecule has 2 aliphatic rings. The van der Waals surface area contributed by atoms with Gasteiger partial charge in [0, 0.05) is 12.6 Å². The maximum absolute atomic E-state index is 14.3. The standard InChI is InChI=1S/C32H36N2O6/c1-37-25-18-17-23(19-28(25)38-2)30(31(35)33-24-13-7-4-8-14-24)34(20-22-11-5-3-6-12-22)32(36)29-21-39-26-15-9-10-16-27(26)40-29/h3,5-6,9-12,15-19,24,29-30H,4,7-8,13-14,20-21H2,1-2H3,(H,33,35)/t29-,30-/m1/s1. The molecule has 5 rings (SSSR count). The summed E-state index contributed by atoms with van der Waals surface area (Å²) in [6.07, 6.45) is 4.26. The first-order chi connectivity index (χ1) is 19.6. The fraction of sp³-hybridized carbons (Fsp3) is 0.375. The van der Waals surface area contributed by atoms with E-state index in [0.717, 1.165) is 31.2 Å². The first kappa shape index (κ1) is 27.4. The quantitative estimate of drug-likeness (QED) is 0.405. The number of hydrogen-bond donors (Lipinski definition) is 1. The molecule has 0 radical (unpaired) electrons. The van der Waals surface area contributed by atoms with Gasteiger partial charge in [0.1, 0.15) is 12.6 Å². The Balaban J connectivity index is 1.54. The number of ether oxygens (including phenoxy) is 4. The monoisotopic (exact) mass is 544 g/mol. The molecule has 2 amide bonds. The smallest absolute Gasteiger partial charge is 0.268 e. The Hall–Kier alpha value is -4.20. The van der Waals surface area contributed by atoms with Gasteiger partial charge in [0.15, 0.2) is 23.0 Å². The Bertz CT molecular complexity index is 1310. The van der Waals surface area contributed by atoms with Gasteiger partial charge < -0.3 is 29.2 Å². The molecule has 8 heteroatoms. The summed E-state index contributed by atoms with van der Waals surface area (Å²) in [6.45, 7) is 0.252. The minimum Gasteiger partial charge on any atom is -0.493 e. The van der Waals surface area contributed by atoms with Gasteiger partial charge in [-0.25, -0.2) is 0 Å². The molecule has 8 nitrogen and oxygen atoms in total. The van der Waals surface area contributed by atoms with Gasteiger partial charge in [0.05, 0.1) is 14.2 Å². The molecule has 1 aliphatic carbocycles. The summed E-state index contributed by atoms with van der Waals surface area (Å²) in [7, 11) is 3.12. The van der Waals surface area contributed by atoms with E-state index in [-0.39, 0.29) is 31.0 Å². The number of carbonyl (C=O) groups excluding carboxylic acids is 2. The van der Waals surface area contributed by atoms with E-state index in [2.05, 4.69) is 5.32 Å². The van der Waals surface area contributed by atoms with E-state index < -0.39 is 12.1 Å². The zero-order valence-electron chi connectivity index (χ0n) is 23.0. The Labute approximate surface area is 235 Å². The second-order valence-corrected chi connectivity index (χ2v) is 10.2. The Kier molecular flexibility index (Phi) is 8.74. The second kappa shape index (κ2) is 12.8. The molecule has 210 valence electrons. The molecule has 40 heavy (non-hydrogen) atoms. The summed E-state index contributed by atoms with van der Waals surface area (Å²) in [6, 6.07) is 21.4. The molecule has 1 heterocycles. The number of rotatable bonds is 9. The molecule has 0 saturated heterocycles. The molecule has 1 N–H and O–H groups in total. The molecule has 3 aromatic rings. The van der Waals surface area contributed by atoms with Crippen molar-refractivity contribution in [1.82, 2.24) is 10.2 Å². The second-order valence-electron chi connectivity index (χ2n) is 10.2. The van der Waals surface area contributed by atoms with Crippen LogP contribution >= 0.6 is 0 Å². The first-order valence-electron chi connectivity index (χ1n) is 13.8. The van der Waals surface area contributed by atoms with E-state index in [9.17, 15) is 9.59 Å². The molecule has 0 spiro atoms. The van der Waals surface area contributed by atoms with E-state index >= 15 is 0 Å². The number of hydrogen-bond acceptors (Lipinski definition) is 6. The number of benzene rings is 3. The van der Waals surface area contributed by atoms with Crippen LogP contribution in [0, 0.1) is 0 Å². The van der Waals surface area contributed by atoms with Crippen molar-refractivity contribution >= 4 is 11.8 Å². The van der Waals surface area contributed by atoms with E-state index in [1.165, 1.54) is 6.42 Å². The van der Waals surface area contributed by atoms with Gasteiger partial charge in [-0.05, 0) is 48.2 Å². The van der Waals surface area contributed by atoms with Crippen molar-refractivity contribution in [1.29, 1.82) is 0 Å². The normalized spacial score (nSPS) is 17.4. The van der Waals surface area contributed by atoms with Gasteiger partial charge in [0.2, 0.25) is 12.0 Å². The van der Waals surface area contributed by atoms with Gasteiger partial charge in [-0.1, -0.05) is 67.8 Å². The molecule has 1 fully saturated rings. The predicted octanol–water partition coefficient (Wildman–Crippen LogP) is 5.06. The van der Waals surface area contributed by atoms with Gasteiger partial charge in [-0.15, -0.1) is 0 Å². The molecular weight excluding hydrogens is 508 g/mol. The zero-order chi connectivity index (χ0) is 27.9. The molecule has 3 aromatic carbocycles. The summed E-state index contributed by atoms with van der Waals surface area (Å²) in [4.78, 5) is 30.0. The van der Waals surface area contributed by atoms with Crippen LogP contribution in [0.25, 0.3) is 0 Å². The lowest BCUT2D eigenvalue weighted by molar-refractivity contribution is -0.149. The van der Waals surface area contributed by atoms with Crippen LogP contribution in [0.2, 0.25) is 0 Å². The van der Waals surface area contributed by atoms with Crippen molar-refractivity contribution in [2.24, 2.45) is 0 Å². The van der Waals surface area contributed by atoms with E-state index in [0.29, 0.717) is 28.6 Å². The highest BCUT2D eigenvalue weighted by Gasteiger charge is 2.39. The fourth-order valence-corrected chi connectivity index (χ4v) is 5.43. The topological polar surface area (TPSA) is 86.3 Å². The lowest BCUT2D eigenvalue weighted by Gasteiger charge is -2.36. The SMILES string of the molecule is COc1ccc([C@H](C(=O)NC2CCCCC2)N(Cc2ccccc2)C(=O)[C@H]2COc3ccccc3O2)cc1OC. The Morgan fingerprint density at radius 2 is 1.60 bits per heavy atom. The average Bonchev–Trinajstić information content (AvgIpc) is 3.01. The maximum Gasteiger partial charge on any atom is 0.268 e. The van der Waals surface area contributed by atoms with Crippen LogP contribution in [0.4, 0.5) is 0 Å². The highest BCUT2D eigenvalue weighted by molar-refractivity contribution is 5.91. The van der Waals surface area contributed by atoms with Crippen LogP contribution < -0.4 is 24.3 Å². The van der Waals surface area contributed by atoms with Crippen molar-refractivity contribution in [3.05, 3.63) is 83.9 Å². The number of para-hydroxylation sites is 2. The third kappa shape index (κ3) is 6.17. The molecular formula is C32H36N2O6. The van der Waals surface area contributed by atoms with Crippen LogP contribution in [-0.4, -0.2) is 49.7 Å². The highest BCUT2D eigenvalue weighted by atomic mass is 16.6. The van der Waals surface area contributed by atoms with Crippen LogP contribution in [0.5, 0.6) is 23.0 Å². The number of methoxy groups -OCH3 is 2. The third-order valence-electron chi connectivity index (χ3n) is 7.50. The van der Waals surface area contributed by atoms with Crippen molar-refractivity contribution in [2.75, 3.05) is 20.8 Å². The molecule has 0 bridgehead atoms. The average molecular weight is 545 g/mol. The number of nitrogens with zero attached hydrogens (tertiary/aromatic N) is 1. The fourth-order valence-electron chi connectivity index (χ4n) is 5.43. The molecule has 2 atom stereocenters. The molecule has 1 aliphatic heterocycles. The van der Waals surface area contributed by atoms with Crippen molar-refractivity contribution in [2.45, 2.75) is 56.8 Å². The maximum atomic E-state index is 14.3. The largest absolute Gasteiger partial charge is 0.493 e.